The van der Waals surface area contributed by atoms with Crippen LogP contribution < -0.4 is 0 Å². The first-order valence-electron chi connectivity index (χ1n) is 15.7. The lowest BCUT2D eigenvalue weighted by molar-refractivity contribution is -0.181. The van der Waals surface area contributed by atoms with Crippen molar-refractivity contribution >= 4 is 0 Å². The van der Waals surface area contributed by atoms with Gasteiger partial charge in [-0.25, -0.2) is 0 Å². The molecule has 9 aliphatic rings. The summed E-state index contributed by atoms with van der Waals surface area (Å²) in [6, 6.07) is 13.2. The van der Waals surface area contributed by atoms with Crippen molar-refractivity contribution in [1.29, 1.82) is 0 Å². The summed E-state index contributed by atoms with van der Waals surface area (Å²) in [4.78, 5) is 0. The van der Waals surface area contributed by atoms with E-state index in [1.807, 2.05) is 0 Å². The Bertz CT molecular complexity index is 1310. The molecule has 0 heterocycles. The largest absolute Gasteiger partial charge is 0.0581 e. The molecule has 0 N–H and O–H groups in total. The first-order chi connectivity index (χ1) is 17.4. The Balaban J connectivity index is 1.05. The highest BCUT2D eigenvalue weighted by molar-refractivity contribution is 5.84. The smallest absolute Gasteiger partial charge is 0.0159 e. The molecule has 0 nitrogen and oxygen atoms in total. The Morgan fingerprint density at radius 3 is 2.11 bits per heavy atom. The van der Waals surface area contributed by atoms with Crippen LogP contribution in [0.15, 0.2) is 30.3 Å². The SMILES string of the molecule is Cc1cc(C2C3CC4CC(C3)CC2C4)cc2c1-c1ccc(C3C4CC5CC6CC3C56C4)cc1C2(C)C. The van der Waals surface area contributed by atoms with E-state index in [1.165, 1.54) is 25.7 Å². The molecule has 0 aliphatic heterocycles. The summed E-state index contributed by atoms with van der Waals surface area (Å²) in [6.45, 7) is 7.52. The molecule has 0 saturated heterocycles. The first-order valence-corrected chi connectivity index (χ1v) is 15.7. The van der Waals surface area contributed by atoms with Crippen LogP contribution in [0, 0.1) is 59.7 Å². The molecule has 11 rings (SSSR count). The minimum Gasteiger partial charge on any atom is -0.0581 e. The third-order valence-electron chi connectivity index (χ3n) is 14.5. The van der Waals surface area contributed by atoms with E-state index in [0.717, 1.165) is 64.6 Å². The maximum absolute atomic E-state index is 2.72. The van der Waals surface area contributed by atoms with Crippen molar-refractivity contribution < 1.29 is 0 Å². The average Bonchev–Trinajstić information content (AvgIpc) is 3.41. The molecule has 0 amide bonds. The maximum atomic E-state index is 2.72. The third-order valence-corrected chi connectivity index (χ3v) is 14.5. The summed E-state index contributed by atoms with van der Waals surface area (Å²) in [6.07, 6.45) is 13.9. The van der Waals surface area contributed by atoms with Crippen LogP contribution in [0.1, 0.15) is 111 Å². The van der Waals surface area contributed by atoms with Gasteiger partial charge in [0.1, 0.15) is 0 Å². The lowest BCUT2D eigenvalue weighted by Crippen LogP contribution is -2.60. The zero-order chi connectivity index (χ0) is 23.7. The van der Waals surface area contributed by atoms with Crippen LogP contribution in [-0.4, -0.2) is 0 Å². The Morgan fingerprint density at radius 1 is 0.667 bits per heavy atom. The second-order valence-corrected chi connectivity index (χ2v) is 16.0. The molecule has 0 aromatic heterocycles. The second kappa shape index (κ2) is 6.18. The van der Waals surface area contributed by atoms with Crippen molar-refractivity contribution in [2.75, 3.05) is 0 Å². The van der Waals surface area contributed by atoms with E-state index in [0.29, 0.717) is 0 Å². The van der Waals surface area contributed by atoms with Crippen LogP contribution >= 0.6 is 0 Å². The van der Waals surface area contributed by atoms with Crippen molar-refractivity contribution in [3.63, 3.8) is 0 Å². The molecule has 8 fully saturated rings. The van der Waals surface area contributed by atoms with Crippen molar-refractivity contribution in [3.05, 3.63) is 58.1 Å². The minimum atomic E-state index is 0.129. The molecular formula is C36H42. The zero-order valence-electron chi connectivity index (χ0n) is 22.5. The van der Waals surface area contributed by atoms with Crippen molar-refractivity contribution in [3.8, 4) is 11.1 Å². The van der Waals surface area contributed by atoms with Gasteiger partial charge in [0, 0.05) is 5.41 Å². The quantitative estimate of drug-likeness (QED) is 0.407. The van der Waals surface area contributed by atoms with Gasteiger partial charge in [0.25, 0.3) is 0 Å². The molecule has 36 heavy (non-hydrogen) atoms. The van der Waals surface area contributed by atoms with Gasteiger partial charge in [-0.05, 0) is 168 Å². The van der Waals surface area contributed by atoms with Gasteiger partial charge >= 0.3 is 0 Å². The molecule has 0 radical (unpaired) electrons. The van der Waals surface area contributed by atoms with Crippen LogP contribution in [0.3, 0.4) is 0 Å². The molecule has 186 valence electrons. The number of benzene rings is 2. The number of aryl methyl sites for hydroxylation is 1. The number of hydrogen-bond donors (Lipinski definition) is 0. The van der Waals surface area contributed by atoms with Gasteiger partial charge in [-0.2, -0.15) is 0 Å². The third kappa shape index (κ3) is 2.14. The lowest BCUT2D eigenvalue weighted by Gasteiger charge is -2.68. The summed E-state index contributed by atoms with van der Waals surface area (Å²) in [5.74, 6) is 10.0. The summed E-state index contributed by atoms with van der Waals surface area (Å²) in [5, 5.41) is 0. The normalized spacial score (nSPS) is 48.9. The average molecular weight is 475 g/mol. The summed E-state index contributed by atoms with van der Waals surface area (Å²) in [7, 11) is 0. The Hall–Kier alpha value is -1.56. The van der Waals surface area contributed by atoms with Crippen LogP contribution in [0.4, 0.5) is 0 Å². The predicted octanol–water partition coefficient (Wildman–Crippen LogP) is 8.99. The van der Waals surface area contributed by atoms with Gasteiger partial charge in [-0.15, -0.1) is 0 Å². The highest BCUT2D eigenvalue weighted by atomic mass is 14.8. The van der Waals surface area contributed by atoms with Crippen molar-refractivity contribution in [2.24, 2.45) is 52.8 Å². The van der Waals surface area contributed by atoms with E-state index < -0.39 is 0 Å². The fraction of sp³-hybridized carbons (Fsp3) is 0.667. The minimum absolute atomic E-state index is 0.129. The summed E-state index contributed by atoms with van der Waals surface area (Å²) < 4.78 is 0. The van der Waals surface area contributed by atoms with E-state index in [-0.39, 0.29) is 5.41 Å². The zero-order valence-corrected chi connectivity index (χ0v) is 22.5. The first kappa shape index (κ1) is 20.4. The van der Waals surface area contributed by atoms with Gasteiger partial charge in [-0.1, -0.05) is 44.2 Å². The van der Waals surface area contributed by atoms with Crippen LogP contribution in [0.2, 0.25) is 0 Å². The summed E-state index contributed by atoms with van der Waals surface area (Å²) >= 11 is 0. The van der Waals surface area contributed by atoms with Crippen LogP contribution in [0.5, 0.6) is 0 Å². The van der Waals surface area contributed by atoms with E-state index in [9.17, 15) is 0 Å². The van der Waals surface area contributed by atoms with Gasteiger partial charge in [-0.3, -0.25) is 0 Å². The van der Waals surface area contributed by atoms with Gasteiger partial charge < -0.3 is 0 Å². The molecule has 1 spiro atoms. The molecule has 9 aliphatic carbocycles. The predicted molar refractivity (Wildman–Crippen MR) is 146 cm³/mol. The highest BCUT2D eigenvalue weighted by Crippen LogP contribution is 2.84. The fourth-order valence-electron chi connectivity index (χ4n) is 13.5. The molecule has 6 bridgehead atoms. The molecular weight excluding hydrogens is 432 g/mol. The Kier molecular flexibility index (Phi) is 3.51. The summed E-state index contributed by atoms with van der Waals surface area (Å²) in [5.41, 5.74) is 12.4. The molecule has 6 atom stereocenters. The van der Waals surface area contributed by atoms with Crippen molar-refractivity contribution in [2.45, 2.75) is 95.8 Å². The van der Waals surface area contributed by atoms with Crippen LogP contribution in [-0.2, 0) is 5.41 Å². The van der Waals surface area contributed by atoms with E-state index >= 15 is 0 Å². The number of fused-ring (bicyclic) bond motifs is 4. The van der Waals surface area contributed by atoms with Gasteiger partial charge in [0.15, 0.2) is 0 Å². The van der Waals surface area contributed by atoms with E-state index in [1.54, 1.807) is 71.0 Å². The van der Waals surface area contributed by atoms with E-state index in [4.69, 9.17) is 0 Å². The molecule has 0 heteroatoms. The molecule has 6 unspecified atom stereocenters. The van der Waals surface area contributed by atoms with Crippen LogP contribution in [0.25, 0.3) is 11.1 Å². The number of hydrogen-bond acceptors (Lipinski definition) is 0. The van der Waals surface area contributed by atoms with Gasteiger partial charge in [0.05, 0.1) is 0 Å². The lowest BCUT2D eigenvalue weighted by atomic mass is 9.37. The topological polar surface area (TPSA) is 0 Å². The molecule has 2 aromatic rings. The molecule has 2 aromatic carbocycles. The van der Waals surface area contributed by atoms with Gasteiger partial charge in [0.2, 0.25) is 0 Å². The Labute approximate surface area is 217 Å². The number of rotatable bonds is 2. The van der Waals surface area contributed by atoms with E-state index in [2.05, 4.69) is 51.1 Å². The van der Waals surface area contributed by atoms with Crippen molar-refractivity contribution in [1.82, 2.24) is 0 Å². The second-order valence-electron chi connectivity index (χ2n) is 16.0. The standard InChI is InChI=1S/C36H42/c1-18-6-22(33-23-8-19-7-20(10-23)11-24(33)9-19)14-30-32(18)28-5-4-21(13-29(28)35(30,2)3)34-25-12-26-15-27-16-31(34)36(26,27)17-25/h4-6,13-14,19-20,23-27,31,33-34H,7-12,15-17H2,1-3H3. The Morgan fingerprint density at radius 2 is 1.39 bits per heavy atom. The fourth-order valence-corrected chi connectivity index (χ4v) is 13.5. The maximum Gasteiger partial charge on any atom is 0.0159 e. The monoisotopic (exact) mass is 474 g/mol. The highest BCUT2D eigenvalue weighted by Gasteiger charge is 2.76. The molecule has 8 saturated carbocycles.